The number of hydrogen-bond acceptors (Lipinski definition) is 3. The zero-order chi connectivity index (χ0) is 10.1. The second kappa shape index (κ2) is 3.42. The number of phenolic OH excluding ortho intramolecular Hbond substituents is 1. The van der Waals surface area contributed by atoms with Crippen LogP contribution < -0.4 is 0 Å². The van der Waals surface area contributed by atoms with Crippen LogP contribution in [0.2, 0.25) is 0 Å². The van der Waals surface area contributed by atoms with Crippen molar-refractivity contribution in [1.82, 2.24) is 4.98 Å². The lowest BCUT2D eigenvalue weighted by molar-refractivity contribution is 0.471. The molecule has 0 saturated carbocycles. The molecule has 0 bridgehead atoms. The number of aryl methyl sites for hydroxylation is 2. The summed E-state index contributed by atoms with van der Waals surface area (Å²) in [6, 6.07) is 5.54. The van der Waals surface area contributed by atoms with E-state index < -0.39 is 0 Å². The first-order valence-corrected chi connectivity index (χ1v) is 5.27. The van der Waals surface area contributed by atoms with Crippen molar-refractivity contribution in [3.8, 4) is 17.0 Å². The molecule has 0 aliphatic rings. The van der Waals surface area contributed by atoms with Crippen LogP contribution in [0.15, 0.2) is 23.6 Å². The molecule has 0 aliphatic heterocycles. The third-order valence-corrected chi connectivity index (χ3v) is 2.89. The predicted molar refractivity (Wildman–Crippen MR) is 58.7 cm³/mol. The Labute approximate surface area is 86.9 Å². The van der Waals surface area contributed by atoms with Gasteiger partial charge in [-0.2, -0.15) is 0 Å². The summed E-state index contributed by atoms with van der Waals surface area (Å²) < 4.78 is 0. The minimum absolute atomic E-state index is 0.334. The summed E-state index contributed by atoms with van der Waals surface area (Å²) in [5.41, 5.74) is 2.92. The van der Waals surface area contributed by atoms with Crippen molar-refractivity contribution < 1.29 is 5.11 Å². The van der Waals surface area contributed by atoms with Gasteiger partial charge in [0.2, 0.25) is 0 Å². The first-order valence-electron chi connectivity index (χ1n) is 4.39. The van der Waals surface area contributed by atoms with E-state index in [2.05, 4.69) is 4.98 Å². The van der Waals surface area contributed by atoms with Gasteiger partial charge in [-0.1, -0.05) is 0 Å². The monoisotopic (exact) mass is 205 g/mol. The van der Waals surface area contributed by atoms with Crippen LogP contribution in [-0.4, -0.2) is 10.1 Å². The van der Waals surface area contributed by atoms with Crippen molar-refractivity contribution >= 4 is 11.3 Å². The second-order valence-corrected chi connectivity index (χ2v) is 4.32. The average molecular weight is 205 g/mol. The van der Waals surface area contributed by atoms with E-state index in [1.807, 2.05) is 31.4 Å². The number of benzene rings is 1. The fourth-order valence-electron chi connectivity index (χ4n) is 1.31. The van der Waals surface area contributed by atoms with Crippen LogP contribution in [0, 0.1) is 13.8 Å². The molecule has 2 nitrogen and oxygen atoms in total. The largest absolute Gasteiger partial charge is 0.508 e. The second-order valence-electron chi connectivity index (χ2n) is 3.25. The molecule has 0 aliphatic carbocycles. The van der Waals surface area contributed by atoms with E-state index in [4.69, 9.17) is 0 Å². The Morgan fingerprint density at radius 2 is 2.07 bits per heavy atom. The molecule has 0 atom stereocenters. The highest BCUT2D eigenvalue weighted by atomic mass is 32.1. The molecule has 0 unspecified atom stereocenters. The van der Waals surface area contributed by atoms with Crippen molar-refractivity contribution in [3.05, 3.63) is 34.2 Å². The molecule has 1 aromatic carbocycles. The Morgan fingerprint density at radius 1 is 1.29 bits per heavy atom. The first kappa shape index (κ1) is 9.21. The van der Waals surface area contributed by atoms with Crippen LogP contribution in [0.3, 0.4) is 0 Å². The van der Waals surface area contributed by atoms with Crippen molar-refractivity contribution in [2.75, 3.05) is 0 Å². The SMILES string of the molecule is Cc1nc(-c2ccc(O)c(C)c2)cs1. The lowest BCUT2D eigenvalue weighted by Gasteiger charge is -2.00. The molecule has 2 aromatic rings. The summed E-state index contributed by atoms with van der Waals surface area (Å²) in [5, 5.41) is 12.5. The lowest BCUT2D eigenvalue weighted by atomic mass is 10.1. The van der Waals surface area contributed by atoms with Crippen molar-refractivity contribution in [2.24, 2.45) is 0 Å². The van der Waals surface area contributed by atoms with Gasteiger partial charge in [-0.15, -0.1) is 11.3 Å². The summed E-state index contributed by atoms with van der Waals surface area (Å²) in [4.78, 5) is 4.39. The van der Waals surface area contributed by atoms with E-state index in [-0.39, 0.29) is 0 Å². The van der Waals surface area contributed by atoms with Crippen LogP contribution in [0.25, 0.3) is 11.3 Å². The molecule has 0 amide bonds. The fraction of sp³-hybridized carbons (Fsp3) is 0.182. The topological polar surface area (TPSA) is 33.1 Å². The van der Waals surface area contributed by atoms with Gasteiger partial charge in [-0.25, -0.2) is 4.98 Å². The molecule has 14 heavy (non-hydrogen) atoms. The molecule has 1 N–H and O–H groups in total. The maximum Gasteiger partial charge on any atom is 0.118 e. The predicted octanol–water partition coefficient (Wildman–Crippen LogP) is 3.13. The highest BCUT2D eigenvalue weighted by Gasteiger charge is 2.03. The van der Waals surface area contributed by atoms with Crippen LogP contribution >= 0.6 is 11.3 Å². The Bertz CT molecular complexity index is 462. The zero-order valence-corrected chi connectivity index (χ0v) is 8.93. The highest BCUT2D eigenvalue weighted by Crippen LogP contribution is 2.26. The van der Waals surface area contributed by atoms with Gasteiger partial charge in [0.25, 0.3) is 0 Å². The van der Waals surface area contributed by atoms with E-state index in [1.54, 1.807) is 17.4 Å². The summed E-state index contributed by atoms with van der Waals surface area (Å²) in [6.45, 7) is 3.87. The lowest BCUT2D eigenvalue weighted by Crippen LogP contribution is -1.80. The third-order valence-electron chi connectivity index (χ3n) is 2.11. The van der Waals surface area contributed by atoms with E-state index >= 15 is 0 Å². The molecule has 1 aromatic heterocycles. The van der Waals surface area contributed by atoms with E-state index in [9.17, 15) is 5.11 Å². The van der Waals surface area contributed by atoms with Gasteiger partial charge < -0.3 is 5.11 Å². The molecular weight excluding hydrogens is 194 g/mol. The summed E-state index contributed by atoms with van der Waals surface area (Å²) in [6.07, 6.45) is 0. The zero-order valence-electron chi connectivity index (χ0n) is 8.11. The number of hydrogen-bond donors (Lipinski definition) is 1. The number of aromatic nitrogens is 1. The van der Waals surface area contributed by atoms with Crippen molar-refractivity contribution in [3.63, 3.8) is 0 Å². The van der Waals surface area contributed by atoms with Gasteiger partial charge in [-0.3, -0.25) is 0 Å². The van der Waals surface area contributed by atoms with Gasteiger partial charge in [0.1, 0.15) is 5.75 Å². The van der Waals surface area contributed by atoms with Crippen LogP contribution in [-0.2, 0) is 0 Å². The van der Waals surface area contributed by atoms with Gasteiger partial charge in [0.05, 0.1) is 10.7 Å². The molecule has 0 radical (unpaired) electrons. The minimum atomic E-state index is 0.334. The van der Waals surface area contributed by atoms with Gasteiger partial charge >= 0.3 is 0 Å². The third kappa shape index (κ3) is 1.63. The molecule has 0 spiro atoms. The van der Waals surface area contributed by atoms with Crippen LogP contribution in [0.5, 0.6) is 5.75 Å². The van der Waals surface area contributed by atoms with E-state index in [0.717, 1.165) is 21.8 Å². The van der Waals surface area contributed by atoms with Gasteiger partial charge in [0.15, 0.2) is 0 Å². The Hall–Kier alpha value is -1.35. The molecule has 72 valence electrons. The Morgan fingerprint density at radius 3 is 2.64 bits per heavy atom. The molecule has 3 heteroatoms. The van der Waals surface area contributed by atoms with Crippen LogP contribution in [0.1, 0.15) is 10.6 Å². The molecule has 1 heterocycles. The number of aromatic hydroxyl groups is 1. The molecular formula is C11H11NOS. The summed E-state index contributed by atoms with van der Waals surface area (Å²) in [7, 11) is 0. The molecule has 2 rings (SSSR count). The quantitative estimate of drug-likeness (QED) is 0.775. The Balaban J connectivity index is 2.47. The number of nitrogens with zero attached hydrogens (tertiary/aromatic N) is 1. The van der Waals surface area contributed by atoms with E-state index in [0.29, 0.717) is 5.75 Å². The highest BCUT2D eigenvalue weighted by molar-refractivity contribution is 7.09. The molecule has 0 fully saturated rings. The van der Waals surface area contributed by atoms with Crippen LogP contribution in [0.4, 0.5) is 0 Å². The normalized spacial score (nSPS) is 10.4. The number of thiazole rings is 1. The van der Waals surface area contributed by atoms with Crippen molar-refractivity contribution in [1.29, 1.82) is 0 Å². The summed E-state index contributed by atoms with van der Waals surface area (Å²) in [5.74, 6) is 0.334. The van der Waals surface area contributed by atoms with Gasteiger partial charge in [-0.05, 0) is 37.6 Å². The van der Waals surface area contributed by atoms with Crippen molar-refractivity contribution in [2.45, 2.75) is 13.8 Å². The number of rotatable bonds is 1. The fourth-order valence-corrected chi connectivity index (χ4v) is 1.93. The standard InChI is InChI=1S/C11H11NOS/c1-7-5-9(3-4-11(7)13)10-6-14-8(2)12-10/h3-6,13H,1-2H3. The van der Waals surface area contributed by atoms with E-state index in [1.165, 1.54) is 0 Å². The minimum Gasteiger partial charge on any atom is -0.508 e. The first-order chi connectivity index (χ1) is 6.66. The average Bonchev–Trinajstić information content (AvgIpc) is 2.57. The maximum atomic E-state index is 9.38. The molecule has 0 saturated heterocycles. The Kier molecular flexibility index (Phi) is 2.25. The maximum absolute atomic E-state index is 9.38. The number of phenols is 1. The van der Waals surface area contributed by atoms with Gasteiger partial charge in [0, 0.05) is 10.9 Å². The summed E-state index contributed by atoms with van der Waals surface area (Å²) >= 11 is 1.64. The smallest absolute Gasteiger partial charge is 0.118 e.